The Bertz CT molecular complexity index is 597. The van der Waals surface area contributed by atoms with Gasteiger partial charge in [0, 0.05) is 24.7 Å². The summed E-state index contributed by atoms with van der Waals surface area (Å²) in [6.45, 7) is 1.73. The number of fused-ring (bicyclic) bond motifs is 1. The number of anilines is 1. The van der Waals surface area contributed by atoms with Gasteiger partial charge in [0.1, 0.15) is 6.04 Å². The van der Waals surface area contributed by atoms with Gasteiger partial charge in [0.15, 0.2) is 0 Å². The number of aliphatic carboxylic acids is 1. The molecule has 6 heteroatoms. The Kier molecular flexibility index (Phi) is 4.26. The molecule has 21 heavy (non-hydrogen) atoms. The zero-order chi connectivity index (χ0) is 15.6. The summed E-state index contributed by atoms with van der Waals surface area (Å²) in [6, 6.07) is 4.18. The fraction of sp³-hybridized carbons (Fsp3) is 0.400. The van der Waals surface area contributed by atoms with Crippen LogP contribution in [0.3, 0.4) is 0 Å². The van der Waals surface area contributed by atoms with Gasteiger partial charge in [-0.1, -0.05) is 6.92 Å². The van der Waals surface area contributed by atoms with E-state index in [2.05, 4.69) is 5.32 Å². The highest BCUT2D eigenvalue weighted by Crippen LogP contribution is 2.24. The van der Waals surface area contributed by atoms with E-state index < -0.39 is 12.0 Å². The van der Waals surface area contributed by atoms with Crippen LogP contribution in [-0.2, 0) is 16.0 Å². The maximum absolute atomic E-state index is 12.4. The van der Waals surface area contributed by atoms with Crippen molar-refractivity contribution in [1.29, 1.82) is 0 Å². The van der Waals surface area contributed by atoms with Crippen LogP contribution in [-0.4, -0.2) is 40.9 Å². The van der Waals surface area contributed by atoms with Crippen molar-refractivity contribution in [3.8, 4) is 0 Å². The van der Waals surface area contributed by atoms with Crippen molar-refractivity contribution < 1.29 is 19.5 Å². The number of hydrogen-bond acceptors (Lipinski definition) is 3. The summed E-state index contributed by atoms with van der Waals surface area (Å²) < 4.78 is 0. The maximum atomic E-state index is 12.4. The fourth-order valence-electron chi connectivity index (χ4n) is 2.48. The number of rotatable bonds is 4. The van der Waals surface area contributed by atoms with E-state index in [-0.39, 0.29) is 11.8 Å². The van der Waals surface area contributed by atoms with Crippen LogP contribution >= 0.6 is 0 Å². The van der Waals surface area contributed by atoms with Crippen LogP contribution in [0.25, 0.3) is 0 Å². The Hall–Kier alpha value is -2.37. The highest BCUT2D eigenvalue weighted by atomic mass is 16.4. The lowest BCUT2D eigenvalue weighted by molar-refractivity contribution is -0.142. The molecule has 1 aromatic carbocycles. The molecule has 1 aliphatic rings. The predicted molar refractivity (Wildman–Crippen MR) is 77.2 cm³/mol. The monoisotopic (exact) mass is 290 g/mol. The van der Waals surface area contributed by atoms with Crippen LogP contribution in [0, 0.1) is 0 Å². The first-order chi connectivity index (χ1) is 9.93. The number of carbonyl (C=O) groups is 3. The summed E-state index contributed by atoms with van der Waals surface area (Å²) in [6.07, 6.45) is 1.33. The smallest absolute Gasteiger partial charge is 0.326 e. The van der Waals surface area contributed by atoms with Crippen LogP contribution in [0.1, 0.15) is 35.7 Å². The number of carboxylic acids is 1. The quantitative estimate of drug-likeness (QED) is 0.880. The van der Waals surface area contributed by atoms with Crippen molar-refractivity contribution in [1.82, 2.24) is 4.90 Å². The summed E-state index contributed by atoms with van der Waals surface area (Å²) >= 11 is 0. The summed E-state index contributed by atoms with van der Waals surface area (Å²) in [5, 5.41) is 11.9. The molecule has 112 valence electrons. The van der Waals surface area contributed by atoms with Gasteiger partial charge >= 0.3 is 5.97 Å². The molecular weight excluding hydrogens is 272 g/mol. The van der Waals surface area contributed by atoms with Gasteiger partial charge in [0.05, 0.1) is 0 Å². The highest BCUT2D eigenvalue weighted by molar-refractivity contribution is 5.99. The molecule has 1 heterocycles. The second kappa shape index (κ2) is 5.95. The molecule has 0 aromatic heterocycles. The van der Waals surface area contributed by atoms with E-state index >= 15 is 0 Å². The lowest BCUT2D eigenvalue weighted by Gasteiger charge is -2.24. The third-order valence-corrected chi connectivity index (χ3v) is 3.71. The minimum atomic E-state index is -1.02. The normalized spacial score (nSPS) is 14.9. The lowest BCUT2D eigenvalue weighted by Crippen LogP contribution is -2.42. The third kappa shape index (κ3) is 3.04. The molecule has 6 nitrogen and oxygen atoms in total. The Morgan fingerprint density at radius 2 is 2.10 bits per heavy atom. The number of likely N-dealkylation sites (N-methyl/N-ethyl adjacent to an activating group) is 1. The average Bonchev–Trinajstić information content (AvgIpc) is 2.46. The topological polar surface area (TPSA) is 86.7 Å². The third-order valence-electron chi connectivity index (χ3n) is 3.71. The minimum absolute atomic E-state index is 0.0318. The maximum Gasteiger partial charge on any atom is 0.326 e. The standard InChI is InChI=1S/C15H18N2O4/c1-3-12(15(20)21)17(2)14(19)10-4-6-11-9(8-10)5-7-13(18)16-11/h4,6,8,12H,3,5,7H2,1-2H3,(H,16,18)(H,20,21). The molecule has 2 N–H and O–H groups in total. The summed E-state index contributed by atoms with van der Waals surface area (Å²) in [7, 11) is 1.49. The molecular formula is C15H18N2O4. The van der Waals surface area contributed by atoms with Gasteiger partial charge in [-0.15, -0.1) is 0 Å². The van der Waals surface area contributed by atoms with Crippen LogP contribution in [0.2, 0.25) is 0 Å². The first-order valence-corrected chi connectivity index (χ1v) is 6.86. The van der Waals surface area contributed by atoms with Crippen molar-refractivity contribution >= 4 is 23.5 Å². The van der Waals surface area contributed by atoms with Gasteiger partial charge < -0.3 is 15.3 Å². The Labute approximate surface area is 122 Å². The van der Waals surface area contributed by atoms with Crippen LogP contribution in [0.15, 0.2) is 18.2 Å². The van der Waals surface area contributed by atoms with E-state index in [1.165, 1.54) is 11.9 Å². The largest absolute Gasteiger partial charge is 0.480 e. The molecule has 2 rings (SSSR count). The minimum Gasteiger partial charge on any atom is -0.480 e. The lowest BCUT2D eigenvalue weighted by atomic mass is 9.99. The molecule has 1 aliphatic heterocycles. The number of nitrogens with zero attached hydrogens (tertiary/aromatic N) is 1. The van der Waals surface area contributed by atoms with Crippen LogP contribution in [0.5, 0.6) is 0 Å². The van der Waals surface area contributed by atoms with Crippen LogP contribution in [0.4, 0.5) is 5.69 Å². The Morgan fingerprint density at radius 1 is 1.38 bits per heavy atom. The average molecular weight is 290 g/mol. The molecule has 0 bridgehead atoms. The van der Waals surface area contributed by atoms with E-state index in [4.69, 9.17) is 5.11 Å². The van der Waals surface area contributed by atoms with Crippen molar-refractivity contribution in [2.75, 3.05) is 12.4 Å². The predicted octanol–water partition coefficient (Wildman–Crippen LogP) is 1.51. The van der Waals surface area contributed by atoms with E-state index in [9.17, 15) is 14.4 Å². The van der Waals surface area contributed by atoms with E-state index in [1.807, 2.05) is 0 Å². The van der Waals surface area contributed by atoms with Crippen molar-refractivity contribution in [3.05, 3.63) is 29.3 Å². The number of carboxylic acid groups (broad SMARTS) is 1. The fourth-order valence-corrected chi connectivity index (χ4v) is 2.48. The zero-order valence-electron chi connectivity index (χ0n) is 12.0. The van der Waals surface area contributed by atoms with Gasteiger partial charge in [0.2, 0.25) is 5.91 Å². The molecule has 1 unspecified atom stereocenters. The van der Waals surface area contributed by atoms with Gasteiger partial charge in [-0.2, -0.15) is 0 Å². The number of hydrogen-bond donors (Lipinski definition) is 2. The van der Waals surface area contributed by atoms with Crippen LogP contribution < -0.4 is 5.32 Å². The van der Waals surface area contributed by atoms with E-state index in [0.717, 1.165) is 11.3 Å². The molecule has 0 aliphatic carbocycles. The van der Waals surface area contributed by atoms with Gasteiger partial charge in [-0.3, -0.25) is 9.59 Å². The molecule has 2 amide bonds. The van der Waals surface area contributed by atoms with Crippen molar-refractivity contribution in [2.45, 2.75) is 32.2 Å². The highest BCUT2D eigenvalue weighted by Gasteiger charge is 2.26. The number of aryl methyl sites for hydroxylation is 1. The molecule has 0 radical (unpaired) electrons. The summed E-state index contributed by atoms with van der Waals surface area (Å²) in [5.41, 5.74) is 2.06. The van der Waals surface area contributed by atoms with Gasteiger partial charge in [-0.25, -0.2) is 4.79 Å². The van der Waals surface area contributed by atoms with E-state index in [1.54, 1.807) is 25.1 Å². The van der Waals surface area contributed by atoms with E-state index in [0.29, 0.717) is 24.8 Å². The summed E-state index contributed by atoms with van der Waals surface area (Å²) in [5.74, 6) is -1.38. The number of amides is 2. The molecule has 0 saturated heterocycles. The number of benzene rings is 1. The second-order valence-corrected chi connectivity index (χ2v) is 5.10. The van der Waals surface area contributed by atoms with Crippen molar-refractivity contribution in [2.24, 2.45) is 0 Å². The molecule has 0 spiro atoms. The second-order valence-electron chi connectivity index (χ2n) is 5.10. The van der Waals surface area contributed by atoms with Gasteiger partial charge in [0.25, 0.3) is 5.91 Å². The van der Waals surface area contributed by atoms with Crippen molar-refractivity contribution in [3.63, 3.8) is 0 Å². The zero-order valence-corrected chi connectivity index (χ0v) is 12.0. The Balaban J connectivity index is 2.24. The number of nitrogens with one attached hydrogen (secondary N) is 1. The molecule has 1 atom stereocenters. The first kappa shape index (κ1) is 15.0. The molecule has 0 saturated carbocycles. The molecule has 0 fully saturated rings. The molecule has 1 aromatic rings. The number of carbonyl (C=O) groups excluding carboxylic acids is 2. The summed E-state index contributed by atoms with van der Waals surface area (Å²) in [4.78, 5) is 36.1. The Morgan fingerprint density at radius 3 is 2.71 bits per heavy atom. The van der Waals surface area contributed by atoms with Gasteiger partial charge in [-0.05, 0) is 36.6 Å². The first-order valence-electron chi connectivity index (χ1n) is 6.86. The SMILES string of the molecule is CCC(C(=O)O)N(C)C(=O)c1ccc2c(c1)CCC(=O)N2.